The van der Waals surface area contributed by atoms with Gasteiger partial charge >= 0.3 is 0 Å². The van der Waals surface area contributed by atoms with Gasteiger partial charge in [-0.25, -0.2) is 0 Å². The Morgan fingerprint density at radius 2 is 1.48 bits per heavy atom. The van der Waals surface area contributed by atoms with Crippen LogP contribution in [-0.2, 0) is 0 Å². The van der Waals surface area contributed by atoms with E-state index in [4.69, 9.17) is 11.5 Å². The molecule has 4 nitrogen and oxygen atoms in total. The van der Waals surface area contributed by atoms with Crippen LogP contribution in [0.5, 0.6) is 0 Å². The molecular weight excluding hydrogens is 260 g/mol. The van der Waals surface area contributed by atoms with E-state index in [-0.39, 0.29) is 0 Å². The van der Waals surface area contributed by atoms with Crippen molar-refractivity contribution < 1.29 is 0 Å². The largest absolute Gasteiger partial charge is 0.398 e. The van der Waals surface area contributed by atoms with E-state index in [1.54, 1.807) is 12.1 Å². The number of hydrogen-bond donors (Lipinski definition) is 2. The van der Waals surface area contributed by atoms with Gasteiger partial charge in [-0.05, 0) is 36.1 Å². The number of nitrogens with two attached hydrogens (primary N) is 2. The summed E-state index contributed by atoms with van der Waals surface area (Å²) in [4.78, 5) is 0. The predicted octanol–water partition coefficient (Wildman–Crippen LogP) is 4.73. The Bertz CT molecular complexity index is 832. The summed E-state index contributed by atoms with van der Waals surface area (Å²) in [6.07, 6.45) is 0. The van der Waals surface area contributed by atoms with E-state index in [0.29, 0.717) is 17.1 Å². The number of nitrogen functional groups attached to an aromatic ring is 2. The summed E-state index contributed by atoms with van der Waals surface area (Å²) in [5.74, 6) is 0. The molecule has 0 amide bonds. The van der Waals surface area contributed by atoms with Crippen LogP contribution in [0, 0.1) is 6.92 Å². The predicted molar refractivity (Wildman–Crippen MR) is 88.1 cm³/mol. The third-order valence-corrected chi connectivity index (χ3v) is 3.57. The highest BCUT2D eigenvalue weighted by atomic mass is 15.1. The fraction of sp³-hybridized carbons (Fsp3) is 0.0588. The van der Waals surface area contributed by atoms with Crippen LogP contribution in [0.25, 0.3) is 10.8 Å². The molecule has 4 N–H and O–H groups in total. The zero-order chi connectivity index (χ0) is 14.8. The molecule has 0 radical (unpaired) electrons. The molecule has 3 rings (SSSR count). The van der Waals surface area contributed by atoms with Crippen molar-refractivity contribution in [2.45, 2.75) is 6.92 Å². The van der Waals surface area contributed by atoms with Crippen molar-refractivity contribution in [3.05, 3.63) is 60.2 Å². The third kappa shape index (κ3) is 2.43. The van der Waals surface area contributed by atoms with Crippen LogP contribution in [0.2, 0.25) is 0 Å². The molecule has 0 aliphatic rings. The molecule has 0 fully saturated rings. The van der Waals surface area contributed by atoms with Crippen LogP contribution in [-0.4, -0.2) is 0 Å². The average molecular weight is 276 g/mol. The van der Waals surface area contributed by atoms with Gasteiger partial charge in [-0.3, -0.25) is 0 Å². The zero-order valence-electron chi connectivity index (χ0n) is 11.7. The second-order valence-electron chi connectivity index (χ2n) is 4.91. The summed E-state index contributed by atoms with van der Waals surface area (Å²) < 4.78 is 0. The average Bonchev–Trinajstić information content (AvgIpc) is 2.52. The topological polar surface area (TPSA) is 76.8 Å². The SMILES string of the molecule is Cc1c(N)ccc(N=Nc2cccc3ccccc23)c1N. The van der Waals surface area contributed by atoms with E-state index >= 15 is 0 Å². The monoisotopic (exact) mass is 276 g/mol. The van der Waals surface area contributed by atoms with E-state index in [1.807, 2.05) is 37.3 Å². The quantitative estimate of drug-likeness (QED) is 0.524. The molecule has 3 aromatic carbocycles. The van der Waals surface area contributed by atoms with Crippen molar-refractivity contribution in [2.24, 2.45) is 10.2 Å². The first kappa shape index (κ1) is 13.1. The molecule has 0 spiro atoms. The van der Waals surface area contributed by atoms with E-state index < -0.39 is 0 Å². The first-order valence-corrected chi connectivity index (χ1v) is 6.71. The molecule has 0 atom stereocenters. The molecule has 0 saturated carbocycles. The molecule has 0 aromatic heterocycles. The maximum absolute atomic E-state index is 6.03. The Morgan fingerprint density at radius 1 is 0.762 bits per heavy atom. The third-order valence-electron chi connectivity index (χ3n) is 3.57. The van der Waals surface area contributed by atoms with Gasteiger partial charge in [0.2, 0.25) is 0 Å². The van der Waals surface area contributed by atoms with Crippen LogP contribution in [0.4, 0.5) is 22.7 Å². The number of benzene rings is 3. The molecule has 0 unspecified atom stereocenters. The number of nitrogens with zero attached hydrogens (tertiary/aromatic N) is 2. The van der Waals surface area contributed by atoms with Crippen molar-refractivity contribution in [1.82, 2.24) is 0 Å². The lowest BCUT2D eigenvalue weighted by Crippen LogP contribution is -1.95. The molecule has 4 heteroatoms. The Balaban J connectivity index is 2.05. The number of azo groups is 1. The molecule has 104 valence electrons. The summed E-state index contributed by atoms with van der Waals surface area (Å²) in [7, 11) is 0. The van der Waals surface area contributed by atoms with Crippen LogP contribution < -0.4 is 11.5 Å². The van der Waals surface area contributed by atoms with Gasteiger partial charge in [0.1, 0.15) is 5.69 Å². The zero-order valence-corrected chi connectivity index (χ0v) is 11.7. The number of rotatable bonds is 2. The van der Waals surface area contributed by atoms with E-state index in [1.165, 1.54) is 0 Å². The van der Waals surface area contributed by atoms with Gasteiger partial charge in [0.25, 0.3) is 0 Å². The van der Waals surface area contributed by atoms with Crippen molar-refractivity contribution in [3.8, 4) is 0 Å². The molecule has 0 aliphatic carbocycles. The van der Waals surface area contributed by atoms with Gasteiger partial charge in [-0.15, -0.1) is 10.2 Å². The highest BCUT2D eigenvalue weighted by Crippen LogP contribution is 2.32. The number of anilines is 2. The Morgan fingerprint density at radius 3 is 2.33 bits per heavy atom. The second-order valence-corrected chi connectivity index (χ2v) is 4.91. The fourth-order valence-electron chi connectivity index (χ4n) is 2.22. The molecule has 0 bridgehead atoms. The number of fused-ring (bicyclic) bond motifs is 1. The Hall–Kier alpha value is -2.88. The molecular formula is C17H16N4. The van der Waals surface area contributed by atoms with Crippen molar-refractivity contribution in [3.63, 3.8) is 0 Å². The summed E-state index contributed by atoms with van der Waals surface area (Å²) in [6, 6.07) is 17.6. The Kier molecular flexibility index (Phi) is 3.28. The second kappa shape index (κ2) is 5.25. The highest BCUT2D eigenvalue weighted by molar-refractivity contribution is 5.92. The van der Waals surface area contributed by atoms with E-state index in [0.717, 1.165) is 22.0 Å². The van der Waals surface area contributed by atoms with Gasteiger partial charge in [-0.2, -0.15) is 0 Å². The minimum absolute atomic E-state index is 0.569. The molecule has 0 heterocycles. The normalized spacial score (nSPS) is 11.3. The smallest absolute Gasteiger partial charge is 0.109 e. The summed E-state index contributed by atoms with van der Waals surface area (Å²) in [6.45, 7) is 1.88. The Labute approximate surface area is 123 Å². The van der Waals surface area contributed by atoms with Gasteiger partial charge < -0.3 is 11.5 Å². The summed E-state index contributed by atoms with van der Waals surface area (Å²) >= 11 is 0. The minimum atomic E-state index is 0.569. The van der Waals surface area contributed by atoms with Gasteiger partial charge in [0.15, 0.2) is 0 Å². The van der Waals surface area contributed by atoms with Crippen LogP contribution in [0.3, 0.4) is 0 Å². The lowest BCUT2D eigenvalue weighted by molar-refractivity contribution is 1.24. The first-order chi connectivity index (χ1) is 10.2. The van der Waals surface area contributed by atoms with E-state index in [9.17, 15) is 0 Å². The van der Waals surface area contributed by atoms with Gasteiger partial charge in [-0.1, -0.05) is 36.4 Å². The molecule has 3 aromatic rings. The maximum atomic E-state index is 6.03. The van der Waals surface area contributed by atoms with E-state index in [2.05, 4.69) is 22.4 Å². The minimum Gasteiger partial charge on any atom is -0.398 e. The van der Waals surface area contributed by atoms with Gasteiger partial charge in [0.05, 0.1) is 11.4 Å². The van der Waals surface area contributed by atoms with Crippen molar-refractivity contribution >= 4 is 33.5 Å². The lowest BCUT2D eigenvalue weighted by Gasteiger charge is -2.06. The standard InChI is InChI=1S/C17H16N4/c1-11-14(18)9-10-16(17(11)19)21-20-15-8-4-6-12-5-2-3-7-13(12)15/h2-10H,18-19H2,1H3. The summed E-state index contributed by atoms with van der Waals surface area (Å²) in [5, 5.41) is 10.8. The van der Waals surface area contributed by atoms with Crippen LogP contribution in [0.15, 0.2) is 64.8 Å². The fourth-order valence-corrected chi connectivity index (χ4v) is 2.22. The number of hydrogen-bond acceptors (Lipinski definition) is 4. The first-order valence-electron chi connectivity index (χ1n) is 6.71. The molecule has 21 heavy (non-hydrogen) atoms. The molecule has 0 aliphatic heterocycles. The van der Waals surface area contributed by atoms with Crippen LogP contribution in [0.1, 0.15) is 5.56 Å². The maximum Gasteiger partial charge on any atom is 0.109 e. The lowest BCUT2D eigenvalue weighted by atomic mass is 10.1. The van der Waals surface area contributed by atoms with Crippen molar-refractivity contribution in [2.75, 3.05) is 11.5 Å². The molecule has 0 saturated heterocycles. The highest BCUT2D eigenvalue weighted by Gasteiger charge is 2.04. The summed E-state index contributed by atoms with van der Waals surface area (Å²) in [5.41, 5.74) is 15.4. The van der Waals surface area contributed by atoms with Crippen molar-refractivity contribution in [1.29, 1.82) is 0 Å². The van der Waals surface area contributed by atoms with Crippen LogP contribution >= 0.6 is 0 Å². The van der Waals surface area contributed by atoms with Gasteiger partial charge in [0, 0.05) is 11.1 Å².